The Morgan fingerprint density at radius 2 is 1.92 bits per heavy atom. The van der Waals surface area contributed by atoms with Crippen molar-refractivity contribution in [3.63, 3.8) is 0 Å². The highest BCUT2D eigenvalue weighted by atomic mass is 19.1. The van der Waals surface area contributed by atoms with Crippen molar-refractivity contribution < 1.29 is 28.2 Å². The number of carbonyl (C=O) groups excluding carboxylic acids is 2. The molecule has 1 N–H and O–H groups in total. The molecule has 37 heavy (non-hydrogen) atoms. The van der Waals surface area contributed by atoms with Crippen LogP contribution in [-0.4, -0.2) is 65.9 Å². The first-order valence-electron chi connectivity index (χ1n) is 12.5. The molecule has 9 nitrogen and oxygen atoms in total. The van der Waals surface area contributed by atoms with Crippen LogP contribution in [0.25, 0.3) is 0 Å². The number of methoxy groups -OCH3 is 1. The van der Waals surface area contributed by atoms with Crippen LogP contribution in [0.2, 0.25) is 0 Å². The van der Waals surface area contributed by atoms with E-state index in [0.717, 1.165) is 5.75 Å². The van der Waals surface area contributed by atoms with Crippen molar-refractivity contribution in [3.05, 3.63) is 47.8 Å². The third-order valence-corrected chi connectivity index (χ3v) is 6.28. The second-order valence-corrected chi connectivity index (χ2v) is 10.7. The van der Waals surface area contributed by atoms with Crippen molar-refractivity contribution in [2.24, 2.45) is 0 Å². The van der Waals surface area contributed by atoms with Crippen LogP contribution in [0.15, 0.2) is 36.4 Å². The summed E-state index contributed by atoms with van der Waals surface area (Å²) in [5.74, 6) is 0.321. The van der Waals surface area contributed by atoms with E-state index in [1.165, 1.54) is 18.1 Å². The molecule has 2 amide bonds. The molecular weight excluding hydrogens is 479 g/mol. The highest BCUT2D eigenvalue weighted by Crippen LogP contribution is 2.34. The summed E-state index contributed by atoms with van der Waals surface area (Å²) in [6, 6.07) is 10.2. The Labute approximate surface area is 216 Å². The van der Waals surface area contributed by atoms with Crippen molar-refractivity contribution in [1.82, 2.24) is 15.2 Å². The molecule has 1 atom stereocenters. The van der Waals surface area contributed by atoms with Gasteiger partial charge in [0.25, 0.3) is 0 Å². The van der Waals surface area contributed by atoms with Gasteiger partial charge in [0.2, 0.25) is 11.8 Å². The number of aromatic nitrogens is 1. The second kappa shape index (κ2) is 10.4. The molecule has 4 rings (SSSR count). The maximum absolute atomic E-state index is 15.1. The molecule has 2 aliphatic rings. The molecule has 1 aromatic heterocycles. The number of benzene rings is 1. The van der Waals surface area contributed by atoms with Crippen molar-refractivity contribution in [1.29, 1.82) is 0 Å². The molecule has 2 aliphatic heterocycles. The number of nitrogens with one attached hydrogen (secondary N) is 1. The van der Waals surface area contributed by atoms with Crippen LogP contribution in [0.5, 0.6) is 11.6 Å². The number of anilines is 1. The van der Waals surface area contributed by atoms with Crippen LogP contribution in [0.1, 0.15) is 46.1 Å². The highest BCUT2D eigenvalue weighted by molar-refractivity contribution is 5.86. The van der Waals surface area contributed by atoms with Gasteiger partial charge in [0.1, 0.15) is 23.0 Å². The van der Waals surface area contributed by atoms with E-state index in [4.69, 9.17) is 14.2 Å². The SMILES string of the molecule is COc1nc(N2CC(C)(Oc3ccccc3)C2)c(F)cc1CNC(=O)[C@@H]1CCCN1C(=O)OC(C)(C)C. The first kappa shape index (κ1) is 26.5. The largest absolute Gasteiger partial charge is 0.484 e. The van der Waals surface area contributed by atoms with E-state index in [1.807, 2.05) is 37.3 Å². The van der Waals surface area contributed by atoms with Gasteiger partial charge in [-0.25, -0.2) is 9.18 Å². The zero-order valence-corrected chi connectivity index (χ0v) is 22.0. The summed E-state index contributed by atoms with van der Waals surface area (Å²) in [6.45, 7) is 8.71. The van der Waals surface area contributed by atoms with Crippen LogP contribution in [0.3, 0.4) is 0 Å². The maximum Gasteiger partial charge on any atom is 0.410 e. The van der Waals surface area contributed by atoms with Gasteiger partial charge in [-0.2, -0.15) is 4.98 Å². The lowest BCUT2D eigenvalue weighted by Gasteiger charge is -2.48. The van der Waals surface area contributed by atoms with Gasteiger partial charge >= 0.3 is 6.09 Å². The van der Waals surface area contributed by atoms with Gasteiger partial charge in [0.05, 0.1) is 20.2 Å². The van der Waals surface area contributed by atoms with Gasteiger partial charge in [-0.3, -0.25) is 9.69 Å². The molecule has 0 aliphatic carbocycles. The van der Waals surface area contributed by atoms with E-state index in [1.54, 1.807) is 25.7 Å². The highest BCUT2D eigenvalue weighted by Gasteiger charge is 2.43. The molecule has 2 aromatic rings. The average Bonchev–Trinajstić information content (AvgIpc) is 3.31. The Bertz CT molecular complexity index is 1130. The predicted octanol–water partition coefficient (Wildman–Crippen LogP) is 3.90. The third-order valence-electron chi connectivity index (χ3n) is 6.28. The second-order valence-electron chi connectivity index (χ2n) is 10.7. The lowest BCUT2D eigenvalue weighted by molar-refractivity contribution is -0.125. The summed E-state index contributed by atoms with van der Waals surface area (Å²) < 4.78 is 32.0. The summed E-state index contributed by atoms with van der Waals surface area (Å²) in [5.41, 5.74) is -0.709. The van der Waals surface area contributed by atoms with Crippen molar-refractivity contribution in [2.45, 2.75) is 64.3 Å². The van der Waals surface area contributed by atoms with Gasteiger partial charge in [-0.1, -0.05) is 18.2 Å². The molecule has 1 aromatic carbocycles. The molecule has 0 spiro atoms. The van der Waals surface area contributed by atoms with Crippen LogP contribution in [0, 0.1) is 5.82 Å². The minimum Gasteiger partial charge on any atom is -0.484 e. The molecule has 0 radical (unpaired) electrons. The van der Waals surface area contributed by atoms with Gasteiger partial charge in [0, 0.05) is 18.7 Å². The Hall–Kier alpha value is -3.56. The summed E-state index contributed by atoms with van der Waals surface area (Å²) in [5, 5.41) is 2.80. The Morgan fingerprint density at radius 3 is 2.57 bits per heavy atom. The number of likely N-dealkylation sites (tertiary alicyclic amines) is 1. The first-order chi connectivity index (χ1) is 17.5. The smallest absolute Gasteiger partial charge is 0.410 e. The number of hydrogen-bond donors (Lipinski definition) is 1. The summed E-state index contributed by atoms with van der Waals surface area (Å²) >= 11 is 0. The Balaban J connectivity index is 1.38. The van der Waals surface area contributed by atoms with Gasteiger partial charge in [-0.15, -0.1) is 0 Å². The molecule has 200 valence electrons. The molecular formula is C27H35FN4O5. The fourth-order valence-corrected chi connectivity index (χ4v) is 4.65. The van der Waals surface area contributed by atoms with Gasteiger partial charge < -0.3 is 24.4 Å². The van der Waals surface area contributed by atoms with Gasteiger partial charge in [-0.05, 0) is 58.7 Å². The number of rotatable bonds is 7. The quantitative estimate of drug-likeness (QED) is 0.599. The van der Waals surface area contributed by atoms with E-state index >= 15 is 4.39 Å². The topological polar surface area (TPSA) is 93.2 Å². The fraction of sp³-hybridized carbons (Fsp3) is 0.519. The summed E-state index contributed by atoms with van der Waals surface area (Å²) in [7, 11) is 1.45. The number of amides is 2. The van der Waals surface area contributed by atoms with Crippen LogP contribution in [-0.2, 0) is 16.1 Å². The number of hydrogen-bond acceptors (Lipinski definition) is 7. The molecule has 2 fully saturated rings. The van der Waals surface area contributed by atoms with E-state index in [2.05, 4.69) is 10.3 Å². The van der Waals surface area contributed by atoms with Crippen LogP contribution in [0.4, 0.5) is 15.0 Å². The van der Waals surface area contributed by atoms with Crippen LogP contribution >= 0.6 is 0 Å². The molecule has 0 saturated carbocycles. The van der Waals surface area contributed by atoms with E-state index < -0.39 is 29.2 Å². The zero-order valence-electron chi connectivity index (χ0n) is 22.0. The van der Waals surface area contributed by atoms with Gasteiger partial charge in [0.15, 0.2) is 11.6 Å². The number of carbonyl (C=O) groups is 2. The molecule has 3 heterocycles. The lowest BCUT2D eigenvalue weighted by atomic mass is 9.96. The lowest BCUT2D eigenvalue weighted by Crippen LogP contribution is -2.63. The predicted molar refractivity (Wildman–Crippen MR) is 136 cm³/mol. The standard InChI is InChI=1S/C27H35FN4O5/c1-26(2,3)37-25(34)32-13-9-12-21(32)23(33)29-15-18-14-20(28)22(30-24(18)35-5)31-16-27(4,17-31)36-19-10-7-6-8-11-19/h6-8,10-11,14,21H,9,12-13,15-17H2,1-5H3,(H,29,33)/t21-/m0/s1. The van der Waals surface area contributed by atoms with Crippen molar-refractivity contribution in [2.75, 3.05) is 31.6 Å². The van der Waals surface area contributed by atoms with Crippen molar-refractivity contribution >= 4 is 17.8 Å². The zero-order chi connectivity index (χ0) is 26.8. The van der Waals surface area contributed by atoms with E-state index in [9.17, 15) is 9.59 Å². The molecule has 2 saturated heterocycles. The number of ether oxygens (including phenoxy) is 3. The minimum absolute atomic E-state index is 0.0136. The molecule has 0 bridgehead atoms. The Kier molecular flexibility index (Phi) is 7.47. The van der Waals surface area contributed by atoms with Crippen LogP contribution < -0.4 is 19.7 Å². The van der Waals surface area contributed by atoms with E-state index in [0.29, 0.717) is 38.0 Å². The summed E-state index contributed by atoms with van der Waals surface area (Å²) in [6.07, 6.45) is 0.721. The molecule has 0 unspecified atom stereocenters. The first-order valence-corrected chi connectivity index (χ1v) is 12.5. The number of halogens is 1. The Morgan fingerprint density at radius 1 is 1.22 bits per heavy atom. The molecule has 10 heteroatoms. The number of nitrogens with zero attached hydrogens (tertiary/aromatic N) is 3. The fourth-order valence-electron chi connectivity index (χ4n) is 4.65. The van der Waals surface area contributed by atoms with E-state index in [-0.39, 0.29) is 24.1 Å². The summed E-state index contributed by atoms with van der Waals surface area (Å²) in [4.78, 5) is 33.0. The minimum atomic E-state index is -0.652. The third kappa shape index (κ3) is 6.23. The number of para-hydroxylation sites is 1. The van der Waals surface area contributed by atoms with Crippen molar-refractivity contribution in [3.8, 4) is 11.6 Å². The monoisotopic (exact) mass is 514 g/mol. The maximum atomic E-state index is 15.1. The number of pyridine rings is 1. The normalized spacial score (nSPS) is 18.7. The average molecular weight is 515 g/mol.